The molecule has 15 heteroatoms. The van der Waals surface area contributed by atoms with Crippen molar-refractivity contribution in [3.63, 3.8) is 0 Å². The van der Waals surface area contributed by atoms with Crippen LogP contribution in [0.25, 0.3) is 0 Å². The molecule has 0 saturated carbocycles. The summed E-state index contributed by atoms with van der Waals surface area (Å²) in [7, 11) is 1.67. The van der Waals surface area contributed by atoms with Gasteiger partial charge in [0.05, 0.1) is 5.92 Å². The molecule has 1 aromatic carbocycles. The van der Waals surface area contributed by atoms with Crippen molar-refractivity contribution in [1.29, 1.82) is 0 Å². The van der Waals surface area contributed by atoms with E-state index in [1.165, 1.54) is 11.8 Å². The zero-order valence-corrected chi connectivity index (χ0v) is 36.0. The summed E-state index contributed by atoms with van der Waals surface area (Å²) in [5.41, 5.74) is 0.310. The van der Waals surface area contributed by atoms with Crippen molar-refractivity contribution in [2.45, 2.75) is 143 Å². The van der Waals surface area contributed by atoms with Crippen molar-refractivity contribution in [2.24, 2.45) is 17.8 Å². The highest BCUT2D eigenvalue weighted by molar-refractivity contribution is 7.09. The van der Waals surface area contributed by atoms with Gasteiger partial charge >= 0.3 is 18.0 Å². The first-order valence-electron chi connectivity index (χ1n) is 20.0. The van der Waals surface area contributed by atoms with Gasteiger partial charge < -0.3 is 30.1 Å². The topological polar surface area (TPSA) is 185 Å². The number of carboxylic acid groups (broad SMARTS) is 1. The highest BCUT2D eigenvalue weighted by Crippen LogP contribution is 2.31. The van der Waals surface area contributed by atoms with Gasteiger partial charge in [0.15, 0.2) is 6.10 Å². The highest BCUT2D eigenvalue weighted by atomic mass is 32.1. The number of hydrogen-bond donors (Lipinski definition) is 3. The van der Waals surface area contributed by atoms with Crippen molar-refractivity contribution < 1.29 is 43.3 Å². The van der Waals surface area contributed by atoms with Gasteiger partial charge in [0.2, 0.25) is 11.8 Å². The molecule has 1 fully saturated rings. The molecule has 7 atom stereocenters. The summed E-state index contributed by atoms with van der Waals surface area (Å²) in [5, 5.41) is 17.4. The lowest BCUT2D eigenvalue weighted by molar-refractivity contribution is -0.149. The van der Waals surface area contributed by atoms with Gasteiger partial charge in [-0.25, -0.2) is 9.78 Å². The maximum absolute atomic E-state index is 14.4. The molecule has 1 aromatic heterocycles. The molecule has 316 valence electrons. The Morgan fingerprint density at radius 1 is 1.02 bits per heavy atom. The number of aliphatic carboxylic acids is 1. The number of piperidine rings is 1. The van der Waals surface area contributed by atoms with Crippen LogP contribution in [0.15, 0.2) is 35.7 Å². The minimum absolute atomic E-state index is 0.0985. The first-order valence-corrected chi connectivity index (χ1v) is 20.9. The molecule has 0 spiro atoms. The largest absolute Gasteiger partial charge is 0.481 e. The Labute approximate surface area is 341 Å². The number of aromatic nitrogens is 1. The summed E-state index contributed by atoms with van der Waals surface area (Å²) < 4.78 is 11.4. The third kappa shape index (κ3) is 14.1. The van der Waals surface area contributed by atoms with Crippen LogP contribution in [0, 0.1) is 17.8 Å². The van der Waals surface area contributed by atoms with Gasteiger partial charge in [-0.2, -0.15) is 0 Å². The number of amides is 4. The predicted octanol–water partition coefficient (Wildman–Crippen LogP) is 6.39. The summed E-state index contributed by atoms with van der Waals surface area (Å²) >= 11 is 1.15. The molecule has 2 heterocycles. The van der Waals surface area contributed by atoms with E-state index in [4.69, 9.17) is 9.47 Å². The van der Waals surface area contributed by atoms with Crippen LogP contribution in [0.4, 0.5) is 4.79 Å². The maximum atomic E-state index is 14.4. The van der Waals surface area contributed by atoms with Crippen LogP contribution in [0.2, 0.25) is 0 Å². The Morgan fingerprint density at radius 3 is 2.26 bits per heavy atom. The van der Waals surface area contributed by atoms with Crippen molar-refractivity contribution in [1.82, 2.24) is 25.4 Å². The normalized spacial score (nSPS) is 17.7. The molecular weight excluding hydrogens is 751 g/mol. The van der Waals surface area contributed by atoms with Crippen LogP contribution >= 0.6 is 11.3 Å². The monoisotopic (exact) mass is 813 g/mol. The highest BCUT2D eigenvalue weighted by Gasteiger charge is 2.40. The van der Waals surface area contributed by atoms with Crippen LogP contribution in [-0.4, -0.2) is 99.0 Å². The van der Waals surface area contributed by atoms with Crippen molar-refractivity contribution in [3.05, 3.63) is 52.0 Å². The predicted molar refractivity (Wildman–Crippen MR) is 217 cm³/mol. The lowest BCUT2D eigenvalue weighted by atomic mass is 9.92. The van der Waals surface area contributed by atoms with E-state index in [1.807, 2.05) is 58.0 Å². The summed E-state index contributed by atoms with van der Waals surface area (Å²) in [6.45, 7) is 16.3. The Kier molecular flexibility index (Phi) is 17.5. The number of benzene rings is 1. The van der Waals surface area contributed by atoms with Crippen molar-refractivity contribution in [2.75, 3.05) is 13.6 Å². The Bertz CT molecular complexity index is 1680. The molecule has 3 rings (SSSR count). The van der Waals surface area contributed by atoms with Crippen LogP contribution in [0.5, 0.6) is 0 Å². The fourth-order valence-electron chi connectivity index (χ4n) is 6.97. The lowest BCUT2D eigenvalue weighted by Gasteiger charge is -2.39. The first kappa shape index (κ1) is 46.8. The average molecular weight is 814 g/mol. The molecule has 1 aliphatic heterocycles. The molecule has 2 aromatic rings. The van der Waals surface area contributed by atoms with Gasteiger partial charge in [0.1, 0.15) is 28.4 Å². The molecule has 3 N–H and O–H groups in total. The SMILES string of the molecule is CC[C@H](C)[C@H](NC(=O)[C@@H]1CCCCN1C(=O)OC(C)(C)C)C(=O)N(C)C(C[C@@H](OC(C)=O)c1nc(C(=O)NC(Cc2ccccc2)CC(C)C(=O)O)cs1)C(C)C. The number of carbonyl (C=O) groups excluding carboxylic acids is 5. The van der Waals surface area contributed by atoms with E-state index in [0.717, 1.165) is 29.7 Å². The third-order valence-electron chi connectivity index (χ3n) is 10.3. The van der Waals surface area contributed by atoms with Crippen molar-refractivity contribution in [3.8, 4) is 0 Å². The van der Waals surface area contributed by atoms with Gasteiger partial charge in [-0.05, 0) is 70.3 Å². The standard InChI is InChI=1S/C42H63N5O9S/c1-11-26(4)35(45-37(50)32-19-15-16-20-47(32)41(54)56-42(7,8)9)39(51)46(10)33(25(2)3)23-34(55-28(6)48)38-44-31(24-57-38)36(49)43-30(21-27(5)40(52)53)22-29-17-13-12-14-18-29/h12-14,17-18,24-27,30,32-35H,11,15-16,19-23H2,1-10H3,(H,43,49)(H,45,50)(H,52,53)/t26-,27?,30?,32-,33?,34+,35-/m0/s1. The lowest BCUT2D eigenvalue weighted by Crippen LogP contribution is -2.59. The van der Waals surface area contributed by atoms with Crippen LogP contribution in [0.1, 0.15) is 128 Å². The third-order valence-corrected chi connectivity index (χ3v) is 11.3. The number of esters is 1. The molecule has 1 aliphatic rings. The molecule has 1 saturated heterocycles. The number of nitrogens with one attached hydrogen (secondary N) is 2. The zero-order valence-electron chi connectivity index (χ0n) is 35.2. The quantitative estimate of drug-likeness (QED) is 0.143. The number of likely N-dealkylation sites (tertiary alicyclic amines) is 1. The average Bonchev–Trinajstić information content (AvgIpc) is 3.64. The molecule has 57 heavy (non-hydrogen) atoms. The van der Waals surface area contributed by atoms with E-state index >= 15 is 0 Å². The van der Waals surface area contributed by atoms with E-state index in [-0.39, 0.29) is 36.3 Å². The minimum Gasteiger partial charge on any atom is -0.481 e. The molecule has 0 radical (unpaired) electrons. The Morgan fingerprint density at radius 2 is 1.68 bits per heavy atom. The minimum atomic E-state index is -0.961. The summed E-state index contributed by atoms with van der Waals surface area (Å²) in [5.74, 6) is -3.81. The van der Waals surface area contributed by atoms with E-state index in [1.54, 1.807) is 45.0 Å². The fourth-order valence-corrected chi connectivity index (χ4v) is 7.81. The van der Waals surface area contributed by atoms with Crippen molar-refractivity contribution >= 4 is 47.1 Å². The maximum Gasteiger partial charge on any atom is 0.410 e. The number of thiazole rings is 1. The number of carbonyl (C=O) groups is 6. The van der Waals surface area contributed by atoms with Gasteiger partial charge in [-0.15, -0.1) is 11.3 Å². The number of nitrogens with zero attached hydrogens (tertiary/aromatic N) is 3. The fraction of sp³-hybridized carbons (Fsp3) is 0.643. The molecular formula is C42H63N5O9S. The molecule has 3 unspecified atom stereocenters. The Hall–Kier alpha value is -4.53. The van der Waals surface area contributed by atoms with Crippen LogP contribution < -0.4 is 10.6 Å². The van der Waals surface area contributed by atoms with Gasteiger partial charge in [0.25, 0.3) is 5.91 Å². The summed E-state index contributed by atoms with van der Waals surface area (Å²) in [4.78, 5) is 86.6. The first-order chi connectivity index (χ1) is 26.7. The molecule has 0 bridgehead atoms. The number of rotatable bonds is 18. The molecule has 0 aliphatic carbocycles. The van der Waals surface area contributed by atoms with Crippen LogP contribution in [-0.2, 0) is 35.1 Å². The van der Waals surface area contributed by atoms with Crippen LogP contribution in [0.3, 0.4) is 0 Å². The van der Waals surface area contributed by atoms with E-state index in [2.05, 4.69) is 15.6 Å². The molecule has 4 amide bonds. The van der Waals surface area contributed by atoms with Gasteiger partial charge in [-0.3, -0.25) is 28.9 Å². The summed E-state index contributed by atoms with van der Waals surface area (Å²) in [6.07, 6.45) is 1.87. The number of hydrogen-bond acceptors (Lipinski definition) is 10. The van der Waals surface area contributed by atoms with E-state index < -0.39 is 71.6 Å². The number of ether oxygens (including phenoxy) is 2. The summed E-state index contributed by atoms with van der Waals surface area (Å²) in [6, 6.07) is 6.83. The second kappa shape index (κ2) is 21.3. The van der Waals surface area contributed by atoms with Gasteiger partial charge in [0, 0.05) is 44.4 Å². The second-order valence-electron chi connectivity index (χ2n) is 16.6. The smallest absolute Gasteiger partial charge is 0.410 e. The van der Waals surface area contributed by atoms with E-state index in [0.29, 0.717) is 30.8 Å². The number of likely N-dealkylation sites (N-methyl/N-ethyl adjacent to an activating group) is 1. The molecule has 14 nitrogen and oxygen atoms in total. The van der Waals surface area contributed by atoms with Gasteiger partial charge in [-0.1, -0.05) is 71.4 Å². The Balaban J connectivity index is 1.83. The van der Waals surface area contributed by atoms with E-state index in [9.17, 15) is 33.9 Å². The number of carboxylic acids is 1. The zero-order chi connectivity index (χ0) is 42.6. The second-order valence-corrected chi connectivity index (χ2v) is 17.4.